The minimum absolute atomic E-state index is 0.0588. The van der Waals surface area contributed by atoms with E-state index in [1.165, 1.54) is 4.68 Å². The van der Waals surface area contributed by atoms with Gasteiger partial charge in [-0.2, -0.15) is 5.10 Å². The minimum atomic E-state index is -0.308. The van der Waals surface area contributed by atoms with Crippen LogP contribution in [-0.2, 0) is 24.3 Å². The summed E-state index contributed by atoms with van der Waals surface area (Å²) in [6.45, 7) is 5.92. The number of urea groups is 1. The van der Waals surface area contributed by atoms with E-state index in [0.717, 1.165) is 38.1 Å². The molecular formula is C17H30N6O3. The Balaban J connectivity index is 1.60. The monoisotopic (exact) mass is 366 g/mol. The number of nitrogens with zero attached hydrogens (tertiary/aromatic N) is 3. The zero-order valence-corrected chi connectivity index (χ0v) is 15.7. The molecular weight excluding hydrogens is 336 g/mol. The molecule has 3 N–H and O–H groups in total. The number of hydrogen-bond donors (Lipinski definition) is 3. The number of hydrogen-bond acceptors (Lipinski definition) is 4. The van der Waals surface area contributed by atoms with Gasteiger partial charge in [-0.3, -0.25) is 9.36 Å². The summed E-state index contributed by atoms with van der Waals surface area (Å²) in [6.07, 6.45) is 4.71. The van der Waals surface area contributed by atoms with Crippen LogP contribution >= 0.6 is 0 Å². The fourth-order valence-electron chi connectivity index (χ4n) is 2.83. The van der Waals surface area contributed by atoms with Crippen molar-refractivity contribution < 1.29 is 9.59 Å². The third-order valence-electron chi connectivity index (χ3n) is 4.52. The number of amides is 3. The average molecular weight is 366 g/mol. The summed E-state index contributed by atoms with van der Waals surface area (Å²) in [4.78, 5) is 35.5. The van der Waals surface area contributed by atoms with Crippen molar-refractivity contribution in [2.75, 3.05) is 13.1 Å². The molecule has 1 atom stereocenters. The number of aryl methyl sites for hydroxylation is 2. The second kappa shape index (κ2) is 9.98. The lowest BCUT2D eigenvalue weighted by Gasteiger charge is -2.11. The Kier molecular flexibility index (Phi) is 7.68. The van der Waals surface area contributed by atoms with Crippen LogP contribution in [0.2, 0.25) is 0 Å². The van der Waals surface area contributed by atoms with Crippen LogP contribution in [0.3, 0.4) is 0 Å². The highest BCUT2D eigenvalue weighted by atomic mass is 16.2. The van der Waals surface area contributed by atoms with Crippen molar-refractivity contribution in [2.24, 2.45) is 0 Å². The molecule has 1 aromatic heterocycles. The van der Waals surface area contributed by atoms with Crippen LogP contribution in [-0.4, -0.2) is 45.4 Å². The van der Waals surface area contributed by atoms with Gasteiger partial charge in [0.1, 0.15) is 5.82 Å². The van der Waals surface area contributed by atoms with Crippen molar-refractivity contribution in [3.8, 4) is 0 Å². The van der Waals surface area contributed by atoms with Crippen LogP contribution in [0.5, 0.6) is 0 Å². The van der Waals surface area contributed by atoms with E-state index in [4.69, 9.17) is 0 Å². The van der Waals surface area contributed by atoms with E-state index in [-0.39, 0.29) is 30.1 Å². The highest BCUT2D eigenvalue weighted by Crippen LogP contribution is 2.09. The molecule has 1 aliphatic heterocycles. The largest absolute Gasteiger partial charge is 0.354 e. The van der Waals surface area contributed by atoms with Crippen molar-refractivity contribution in [3.63, 3.8) is 0 Å². The van der Waals surface area contributed by atoms with Gasteiger partial charge in [-0.05, 0) is 32.6 Å². The molecule has 0 fully saturated rings. The van der Waals surface area contributed by atoms with Gasteiger partial charge in [-0.25, -0.2) is 14.3 Å². The lowest BCUT2D eigenvalue weighted by atomic mass is 10.2. The maximum Gasteiger partial charge on any atom is 0.345 e. The smallest absolute Gasteiger partial charge is 0.345 e. The first-order valence-electron chi connectivity index (χ1n) is 9.48. The molecule has 0 bridgehead atoms. The zero-order chi connectivity index (χ0) is 18.9. The normalized spacial score (nSPS) is 14.4. The van der Waals surface area contributed by atoms with Gasteiger partial charge in [-0.15, -0.1) is 0 Å². The third-order valence-corrected chi connectivity index (χ3v) is 4.52. The Labute approximate surface area is 153 Å². The van der Waals surface area contributed by atoms with E-state index < -0.39 is 0 Å². The predicted molar refractivity (Wildman–Crippen MR) is 98.0 cm³/mol. The van der Waals surface area contributed by atoms with E-state index in [1.54, 1.807) is 4.57 Å². The topological polar surface area (TPSA) is 110 Å². The maximum atomic E-state index is 12.2. The summed E-state index contributed by atoms with van der Waals surface area (Å²) in [7, 11) is 0. The molecule has 1 aromatic rings. The molecule has 0 saturated heterocycles. The number of fused-ring (bicyclic) bond motifs is 1. The lowest BCUT2D eigenvalue weighted by Crippen LogP contribution is -2.39. The SMILES string of the molecule is CCC(C)NC(=O)CCNC(=O)NCCCn1nc2n(c1=O)CCCC2. The fourth-order valence-corrected chi connectivity index (χ4v) is 2.83. The quantitative estimate of drug-likeness (QED) is 0.549. The van der Waals surface area contributed by atoms with Crippen molar-refractivity contribution in [3.05, 3.63) is 16.3 Å². The molecule has 1 unspecified atom stereocenters. The van der Waals surface area contributed by atoms with Crippen LogP contribution in [0, 0.1) is 0 Å². The highest BCUT2D eigenvalue weighted by Gasteiger charge is 2.16. The highest BCUT2D eigenvalue weighted by molar-refractivity contribution is 5.78. The van der Waals surface area contributed by atoms with Gasteiger partial charge < -0.3 is 16.0 Å². The average Bonchev–Trinajstić information content (AvgIpc) is 2.95. The molecule has 26 heavy (non-hydrogen) atoms. The van der Waals surface area contributed by atoms with E-state index in [2.05, 4.69) is 21.0 Å². The molecule has 1 aliphatic rings. The molecule has 3 amide bonds. The first-order chi connectivity index (χ1) is 12.5. The molecule has 146 valence electrons. The second-order valence-electron chi connectivity index (χ2n) is 6.69. The molecule has 0 spiro atoms. The van der Waals surface area contributed by atoms with E-state index in [0.29, 0.717) is 26.1 Å². The van der Waals surface area contributed by atoms with Crippen LogP contribution in [0.1, 0.15) is 51.8 Å². The molecule has 0 saturated carbocycles. The van der Waals surface area contributed by atoms with Gasteiger partial charge in [0.05, 0.1) is 0 Å². The number of carbonyl (C=O) groups is 2. The number of nitrogens with one attached hydrogen (secondary N) is 3. The van der Waals surface area contributed by atoms with E-state index in [9.17, 15) is 14.4 Å². The molecule has 9 heteroatoms. The van der Waals surface area contributed by atoms with E-state index >= 15 is 0 Å². The summed E-state index contributed by atoms with van der Waals surface area (Å²) in [5.74, 6) is 0.797. The van der Waals surface area contributed by atoms with Crippen LogP contribution in [0.15, 0.2) is 4.79 Å². The zero-order valence-electron chi connectivity index (χ0n) is 15.7. The van der Waals surface area contributed by atoms with Gasteiger partial charge >= 0.3 is 11.7 Å². The van der Waals surface area contributed by atoms with Crippen LogP contribution < -0.4 is 21.6 Å². The first kappa shape index (κ1) is 20.0. The van der Waals surface area contributed by atoms with Crippen molar-refractivity contribution in [2.45, 2.75) is 71.5 Å². The van der Waals surface area contributed by atoms with Crippen molar-refractivity contribution >= 4 is 11.9 Å². The van der Waals surface area contributed by atoms with Gasteiger partial charge in [0, 0.05) is 45.1 Å². The van der Waals surface area contributed by atoms with E-state index in [1.807, 2.05) is 13.8 Å². The van der Waals surface area contributed by atoms with Crippen LogP contribution in [0.25, 0.3) is 0 Å². The minimum Gasteiger partial charge on any atom is -0.354 e. The van der Waals surface area contributed by atoms with Gasteiger partial charge in [-0.1, -0.05) is 6.92 Å². The maximum absolute atomic E-state index is 12.2. The Hall–Kier alpha value is -2.32. The van der Waals surface area contributed by atoms with Crippen molar-refractivity contribution in [1.29, 1.82) is 0 Å². The van der Waals surface area contributed by atoms with Crippen LogP contribution in [0.4, 0.5) is 4.79 Å². The molecule has 2 rings (SSSR count). The number of rotatable bonds is 9. The summed E-state index contributed by atoms with van der Waals surface area (Å²) < 4.78 is 3.23. The van der Waals surface area contributed by atoms with Gasteiger partial charge in [0.25, 0.3) is 0 Å². The summed E-state index contributed by atoms with van der Waals surface area (Å²) >= 11 is 0. The Bertz CT molecular complexity index is 666. The van der Waals surface area contributed by atoms with Crippen molar-refractivity contribution in [1.82, 2.24) is 30.3 Å². The third kappa shape index (κ3) is 5.89. The summed E-state index contributed by atoms with van der Waals surface area (Å²) in [5, 5.41) is 12.6. The molecule has 9 nitrogen and oxygen atoms in total. The Morgan fingerprint density at radius 3 is 2.73 bits per heavy atom. The number of carbonyl (C=O) groups excluding carboxylic acids is 2. The summed E-state index contributed by atoms with van der Waals surface area (Å²) in [5.41, 5.74) is -0.0588. The molecule has 2 heterocycles. The number of aromatic nitrogens is 3. The Morgan fingerprint density at radius 1 is 1.23 bits per heavy atom. The Morgan fingerprint density at radius 2 is 2.00 bits per heavy atom. The lowest BCUT2D eigenvalue weighted by molar-refractivity contribution is -0.121. The fraction of sp³-hybridized carbons (Fsp3) is 0.765. The predicted octanol–water partition coefficient (Wildman–Crippen LogP) is 0.375. The standard InChI is InChI=1S/C17H30N6O3/c1-3-13(2)20-15(24)8-10-19-16(25)18-9-6-12-23-17(26)22-11-5-4-7-14(22)21-23/h13H,3-12H2,1-2H3,(H,20,24)(H2,18,19,25). The van der Waals surface area contributed by atoms with Gasteiger partial charge in [0.15, 0.2) is 0 Å². The first-order valence-corrected chi connectivity index (χ1v) is 9.48. The summed E-state index contributed by atoms with van der Waals surface area (Å²) in [6, 6.07) is -0.161. The second-order valence-corrected chi connectivity index (χ2v) is 6.69. The van der Waals surface area contributed by atoms with Gasteiger partial charge in [0.2, 0.25) is 5.91 Å². The molecule has 0 radical (unpaired) electrons. The molecule has 0 aromatic carbocycles. The molecule has 0 aliphatic carbocycles.